The highest BCUT2D eigenvalue weighted by Gasteiger charge is 2.40. The molecule has 19 heavy (non-hydrogen) atoms. The van der Waals surface area contributed by atoms with Crippen LogP contribution < -0.4 is 5.32 Å². The molecular formula is C14H26N2O2S. The highest BCUT2D eigenvalue weighted by molar-refractivity contribution is 7.91. The van der Waals surface area contributed by atoms with E-state index in [0.29, 0.717) is 29.6 Å². The maximum absolute atomic E-state index is 11.7. The summed E-state index contributed by atoms with van der Waals surface area (Å²) < 4.78 is 23.5. The standard InChI is InChI=1S/C14H26N2O2S/c1-2-6-16(13-5-7-19(17,18)10-13)14-8-11-3-4-12(9-14)15-11/h11-15H,2-10H2,1H3. The van der Waals surface area contributed by atoms with Crippen LogP contribution in [0.3, 0.4) is 0 Å². The van der Waals surface area contributed by atoms with Crippen LogP contribution in [-0.2, 0) is 9.84 Å². The molecule has 3 rings (SSSR count). The van der Waals surface area contributed by atoms with E-state index in [1.807, 2.05) is 0 Å². The number of nitrogens with zero attached hydrogens (tertiary/aromatic N) is 1. The lowest BCUT2D eigenvalue weighted by molar-refractivity contribution is 0.104. The Morgan fingerprint density at radius 1 is 1.11 bits per heavy atom. The van der Waals surface area contributed by atoms with Crippen molar-refractivity contribution in [2.45, 2.75) is 69.6 Å². The lowest BCUT2D eigenvalue weighted by Crippen LogP contribution is -2.52. The first-order chi connectivity index (χ1) is 9.07. The average Bonchev–Trinajstić information content (AvgIpc) is 2.89. The number of hydrogen-bond donors (Lipinski definition) is 1. The van der Waals surface area contributed by atoms with Gasteiger partial charge in [-0.1, -0.05) is 6.92 Å². The first kappa shape index (κ1) is 13.8. The molecule has 4 nitrogen and oxygen atoms in total. The molecule has 3 aliphatic heterocycles. The molecule has 0 aromatic heterocycles. The molecule has 3 aliphatic rings. The Labute approximate surface area is 116 Å². The van der Waals surface area contributed by atoms with Crippen LogP contribution in [0.5, 0.6) is 0 Å². The Kier molecular flexibility index (Phi) is 3.89. The molecule has 5 heteroatoms. The summed E-state index contributed by atoms with van der Waals surface area (Å²) in [5.41, 5.74) is 0. The van der Waals surface area contributed by atoms with Crippen molar-refractivity contribution in [3.8, 4) is 0 Å². The lowest BCUT2D eigenvalue weighted by Gasteiger charge is -2.40. The van der Waals surface area contributed by atoms with E-state index in [4.69, 9.17) is 0 Å². The van der Waals surface area contributed by atoms with Crippen LogP contribution in [0.25, 0.3) is 0 Å². The minimum atomic E-state index is -2.77. The number of fused-ring (bicyclic) bond motifs is 2. The maximum atomic E-state index is 11.7. The molecule has 2 bridgehead atoms. The lowest BCUT2D eigenvalue weighted by atomic mass is 9.96. The minimum absolute atomic E-state index is 0.285. The van der Waals surface area contributed by atoms with Crippen molar-refractivity contribution in [2.75, 3.05) is 18.1 Å². The summed E-state index contributed by atoms with van der Waals surface area (Å²) in [7, 11) is -2.77. The maximum Gasteiger partial charge on any atom is 0.151 e. The van der Waals surface area contributed by atoms with Crippen LogP contribution in [0.4, 0.5) is 0 Å². The van der Waals surface area contributed by atoms with E-state index in [9.17, 15) is 8.42 Å². The van der Waals surface area contributed by atoms with Gasteiger partial charge < -0.3 is 5.32 Å². The number of hydrogen-bond acceptors (Lipinski definition) is 4. The largest absolute Gasteiger partial charge is 0.311 e. The number of rotatable bonds is 4. The molecular weight excluding hydrogens is 260 g/mol. The summed E-state index contributed by atoms with van der Waals surface area (Å²) in [5, 5.41) is 3.68. The zero-order chi connectivity index (χ0) is 13.5. The van der Waals surface area contributed by atoms with Gasteiger partial charge in [0.2, 0.25) is 0 Å². The molecule has 110 valence electrons. The SMILES string of the molecule is CCCN(C1CC2CCC(C1)N2)C1CCS(=O)(=O)C1. The summed E-state index contributed by atoms with van der Waals surface area (Å²) in [4.78, 5) is 2.54. The van der Waals surface area contributed by atoms with Crippen molar-refractivity contribution < 1.29 is 8.42 Å². The van der Waals surface area contributed by atoms with E-state index in [-0.39, 0.29) is 6.04 Å². The van der Waals surface area contributed by atoms with E-state index in [1.54, 1.807) is 0 Å². The predicted molar refractivity (Wildman–Crippen MR) is 77.0 cm³/mol. The van der Waals surface area contributed by atoms with Gasteiger partial charge in [-0.2, -0.15) is 0 Å². The molecule has 3 fully saturated rings. The van der Waals surface area contributed by atoms with Gasteiger partial charge in [-0.05, 0) is 45.1 Å². The molecule has 1 N–H and O–H groups in total. The second-order valence-corrected chi connectivity index (χ2v) is 8.79. The van der Waals surface area contributed by atoms with Crippen molar-refractivity contribution in [3.05, 3.63) is 0 Å². The van der Waals surface area contributed by atoms with Crippen LogP contribution in [0.15, 0.2) is 0 Å². The van der Waals surface area contributed by atoms with Crippen LogP contribution in [-0.4, -0.2) is 55.5 Å². The third-order valence-electron chi connectivity index (χ3n) is 5.08. The van der Waals surface area contributed by atoms with Gasteiger partial charge in [-0.15, -0.1) is 0 Å². The van der Waals surface area contributed by atoms with Crippen molar-refractivity contribution in [3.63, 3.8) is 0 Å². The monoisotopic (exact) mass is 286 g/mol. The second kappa shape index (κ2) is 5.34. The van der Waals surface area contributed by atoms with Crippen molar-refractivity contribution >= 4 is 9.84 Å². The molecule has 0 radical (unpaired) electrons. The van der Waals surface area contributed by atoms with Gasteiger partial charge >= 0.3 is 0 Å². The average molecular weight is 286 g/mol. The van der Waals surface area contributed by atoms with Crippen LogP contribution >= 0.6 is 0 Å². The molecule has 0 aliphatic carbocycles. The summed E-state index contributed by atoms with van der Waals surface area (Å²) in [6.07, 6.45) is 7.02. The fourth-order valence-corrected chi connectivity index (χ4v) is 6.00. The summed E-state index contributed by atoms with van der Waals surface area (Å²) in [6.45, 7) is 3.26. The zero-order valence-electron chi connectivity index (χ0n) is 11.8. The van der Waals surface area contributed by atoms with E-state index < -0.39 is 9.84 Å². The molecule has 0 spiro atoms. The van der Waals surface area contributed by atoms with E-state index in [0.717, 1.165) is 19.4 Å². The Morgan fingerprint density at radius 2 is 1.79 bits per heavy atom. The number of nitrogens with one attached hydrogen (secondary N) is 1. The topological polar surface area (TPSA) is 49.4 Å². The predicted octanol–water partition coefficient (Wildman–Crippen LogP) is 1.17. The molecule has 3 saturated heterocycles. The third kappa shape index (κ3) is 2.98. The molecule has 0 saturated carbocycles. The Balaban J connectivity index is 1.70. The van der Waals surface area contributed by atoms with Gasteiger partial charge in [0.1, 0.15) is 0 Å². The quantitative estimate of drug-likeness (QED) is 0.843. The first-order valence-corrected chi connectivity index (χ1v) is 9.62. The summed E-state index contributed by atoms with van der Waals surface area (Å²) >= 11 is 0. The molecule has 3 heterocycles. The molecule has 0 amide bonds. The minimum Gasteiger partial charge on any atom is -0.311 e. The summed E-state index contributed by atoms with van der Waals surface area (Å²) in [5.74, 6) is 0.794. The zero-order valence-corrected chi connectivity index (χ0v) is 12.7. The van der Waals surface area contributed by atoms with E-state index in [1.165, 1.54) is 25.7 Å². The fourth-order valence-electron chi connectivity index (χ4n) is 4.26. The highest BCUT2D eigenvalue weighted by Crippen LogP contribution is 2.32. The van der Waals surface area contributed by atoms with Crippen molar-refractivity contribution in [2.24, 2.45) is 0 Å². The number of sulfone groups is 1. The van der Waals surface area contributed by atoms with Crippen molar-refractivity contribution in [1.29, 1.82) is 0 Å². The second-order valence-electron chi connectivity index (χ2n) is 6.56. The fraction of sp³-hybridized carbons (Fsp3) is 1.00. The van der Waals surface area contributed by atoms with Gasteiger partial charge in [0.25, 0.3) is 0 Å². The van der Waals surface area contributed by atoms with E-state index in [2.05, 4.69) is 17.1 Å². The van der Waals surface area contributed by atoms with Crippen molar-refractivity contribution in [1.82, 2.24) is 10.2 Å². The molecule has 0 aromatic rings. The molecule has 3 atom stereocenters. The van der Waals surface area contributed by atoms with E-state index >= 15 is 0 Å². The van der Waals surface area contributed by atoms with Crippen LogP contribution in [0.1, 0.15) is 45.4 Å². The Bertz CT molecular complexity index is 411. The van der Waals surface area contributed by atoms with Crippen LogP contribution in [0.2, 0.25) is 0 Å². The smallest absolute Gasteiger partial charge is 0.151 e. The Morgan fingerprint density at radius 3 is 2.32 bits per heavy atom. The number of piperidine rings is 1. The van der Waals surface area contributed by atoms with Gasteiger partial charge in [0.05, 0.1) is 11.5 Å². The van der Waals surface area contributed by atoms with Gasteiger partial charge in [-0.25, -0.2) is 8.42 Å². The Hall–Kier alpha value is -0.130. The molecule has 3 unspecified atom stereocenters. The normalized spacial score (nSPS) is 40.9. The van der Waals surface area contributed by atoms with Gasteiger partial charge in [-0.3, -0.25) is 4.90 Å². The summed E-state index contributed by atoms with van der Waals surface area (Å²) in [6, 6.07) is 2.26. The van der Waals surface area contributed by atoms with Gasteiger partial charge in [0, 0.05) is 24.2 Å². The highest BCUT2D eigenvalue weighted by atomic mass is 32.2. The van der Waals surface area contributed by atoms with Crippen LogP contribution in [0, 0.1) is 0 Å². The molecule has 0 aromatic carbocycles. The third-order valence-corrected chi connectivity index (χ3v) is 6.83. The first-order valence-electron chi connectivity index (χ1n) is 7.79. The van der Waals surface area contributed by atoms with Gasteiger partial charge in [0.15, 0.2) is 9.84 Å².